The average Bonchev–Trinajstić information content (AvgIpc) is 2.38. The van der Waals surface area contributed by atoms with Gasteiger partial charge in [-0.25, -0.2) is 0 Å². The zero-order chi connectivity index (χ0) is 14.0. The molecule has 1 N–H and O–H groups in total. The lowest BCUT2D eigenvalue weighted by molar-refractivity contribution is -0.117. The minimum absolute atomic E-state index is 0.0953. The first kappa shape index (κ1) is 14.3. The zero-order valence-electron chi connectivity index (χ0n) is 12.3. The first-order valence-corrected chi connectivity index (χ1v) is 7.51. The topological polar surface area (TPSA) is 49.7 Å². The monoisotopic (exact) mass is 263 g/mol. The van der Waals surface area contributed by atoms with Crippen LogP contribution in [-0.4, -0.2) is 23.1 Å². The molecule has 106 valence electrons. The Labute approximate surface area is 115 Å². The Morgan fingerprint density at radius 2 is 2.05 bits per heavy atom. The van der Waals surface area contributed by atoms with Crippen LogP contribution in [0.3, 0.4) is 0 Å². The molecule has 0 aromatic carbocycles. The maximum Gasteiger partial charge on any atom is 0.168 e. The Kier molecular flexibility index (Phi) is 4.43. The summed E-state index contributed by atoms with van der Waals surface area (Å²) in [6.45, 7) is 7.20. The summed E-state index contributed by atoms with van der Waals surface area (Å²) in [6, 6.07) is 0. The fraction of sp³-hybridized carbons (Fsp3) is 0.750. The molecule has 1 aliphatic heterocycles. The van der Waals surface area contributed by atoms with Crippen molar-refractivity contribution in [3.63, 3.8) is 0 Å². The van der Waals surface area contributed by atoms with Gasteiger partial charge < -0.3 is 5.11 Å². The summed E-state index contributed by atoms with van der Waals surface area (Å²) in [4.78, 5) is 16.8. The Morgan fingerprint density at radius 1 is 1.32 bits per heavy atom. The van der Waals surface area contributed by atoms with Crippen molar-refractivity contribution in [1.82, 2.24) is 0 Å². The summed E-state index contributed by atoms with van der Waals surface area (Å²) in [5.41, 5.74) is 1.41. The second kappa shape index (κ2) is 5.89. The van der Waals surface area contributed by atoms with Crippen molar-refractivity contribution in [3.8, 4) is 0 Å². The third-order valence-corrected chi connectivity index (χ3v) is 4.60. The van der Waals surface area contributed by atoms with Crippen LogP contribution in [0.25, 0.3) is 0 Å². The van der Waals surface area contributed by atoms with Gasteiger partial charge in [0.1, 0.15) is 5.76 Å². The molecule has 0 aromatic rings. The van der Waals surface area contributed by atoms with E-state index in [1.54, 1.807) is 0 Å². The number of hydrogen-bond donors (Lipinski definition) is 1. The molecule has 0 bridgehead atoms. The van der Waals surface area contributed by atoms with E-state index >= 15 is 0 Å². The number of carbonyl (C=O) groups excluding carboxylic acids is 1. The summed E-state index contributed by atoms with van der Waals surface area (Å²) in [5, 5.41) is 10.2. The Morgan fingerprint density at radius 3 is 2.63 bits per heavy atom. The molecule has 2 aliphatic rings. The van der Waals surface area contributed by atoms with E-state index in [9.17, 15) is 9.90 Å². The van der Waals surface area contributed by atoms with Crippen LogP contribution >= 0.6 is 0 Å². The molecule has 2 rings (SSSR count). The summed E-state index contributed by atoms with van der Waals surface area (Å²) in [5.74, 6) is 1.71. The molecule has 2 unspecified atom stereocenters. The highest BCUT2D eigenvalue weighted by Crippen LogP contribution is 2.33. The largest absolute Gasteiger partial charge is 0.511 e. The van der Waals surface area contributed by atoms with Crippen LogP contribution in [0.4, 0.5) is 0 Å². The summed E-state index contributed by atoms with van der Waals surface area (Å²) in [6.07, 6.45) is 4.28. The Hall–Kier alpha value is -1.12. The molecule has 1 heterocycles. The van der Waals surface area contributed by atoms with E-state index in [1.807, 2.05) is 0 Å². The van der Waals surface area contributed by atoms with Crippen molar-refractivity contribution < 1.29 is 9.90 Å². The van der Waals surface area contributed by atoms with Gasteiger partial charge in [-0.3, -0.25) is 9.79 Å². The number of rotatable bonds is 3. The van der Waals surface area contributed by atoms with Crippen LogP contribution in [0.5, 0.6) is 0 Å². The molecular weight excluding hydrogens is 238 g/mol. The molecule has 0 radical (unpaired) electrons. The number of aliphatic hydroxyl groups excluding tert-OH is 1. The van der Waals surface area contributed by atoms with E-state index in [1.165, 1.54) is 0 Å². The van der Waals surface area contributed by atoms with Gasteiger partial charge in [0.2, 0.25) is 0 Å². The smallest absolute Gasteiger partial charge is 0.168 e. The molecule has 1 aliphatic carbocycles. The van der Waals surface area contributed by atoms with Crippen molar-refractivity contribution in [2.75, 3.05) is 6.54 Å². The highest BCUT2D eigenvalue weighted by Gasteiger charge is 2.33. The van der Waals surface area contributed by atoms with E-state index in [-0.39, 0.29) is 17.5 Å². The fourth-order valence-corrected chi connectivity index (χ4v) is 3.07. The quantitative estimate of drug-likeness (QED) is 0.844. The predicted octanol–water partition coefficient (Wildman–Crippen LogP) is 3.69. The van der Waals surface area contributed by atoms with Crippen LogP contribution < -0.4 is 0 Å². The van der Waals surface area contributed by atoms with Crippen molar-refractivity contribution in [1.29, 1.82) is 0 Å². The van der Waals surface area contributed by atoms with Crippen LogP contribution in [0.15, 0.2) is 16.3 Å². The van der Waals surface area contributed by atoms with Gasteiger partial charge in [-0.1, -0.05) is 27.2 Å². The number of ketones is 1. The van der Waals surface area contributed by atoms with Gasteiger partial charge in [-0.05, 0) is 30.6 Å². The molecule has 3 heteroatoms. The standard InChI is InChI=1S/C16H25NO2/c1-4-11-5-6-17-13(7-11)16-14(18)8-12(10(2)3)9-15(16)19/h10-12,18H,4-9H2,1-3H3. The van der Waals surface area contributed by atoms with Crippen molar-refractivity contribution in [2.45, 2.75) is 52.9 Å². The van der Waals surface area contributed by atoms with E-state index < -0.39 is 0 Å². The lowest BCUT2D eigenvalue weighted by Crippen LogP contribution is -2.29. The van der Waals surface area contributed by atoms with Gasteiger partial charge in [0.25, 0.3) is 0 Å². The van der Waals surface area contributed by atoms with Gasteiger partial charge in [-0.2, -0.15) is 0 Å². The SMILES string of the molecule is CCC1CCN=C(C2=C(O)CC(C(C)C)CC2=O)C1. The average molecular weight is 263 g/mol. The van der Waals surface area contributed by atoms with E-state index in [0.29, 0.717) is 30.3 Å². The minimum Gasteiger partial charge on any atom is -0.511 e. The molecule has 0 spiro atoms. The van der Waals surface area contributed by atoms with Gasteiger partial charge in [0, 0.05) is 25.1 Å². The third-order valence-electron chi connectivity index (χ3n) is 4.60. The number of Topliss-reactive ketones (excluding diaryl/α,β-unsaturated/α-hetero) is 1. The highest BCUT2D eigenvalue weighted by molar-refractivity contribution is 6.23. The number of carbonyl (C=O) groups is 1. The molecule has 3 nitrogen and oxygen atoms in total. The molecule has 0 amide bonds. The summed E-state index contributed by atoms with van der Waals surface area (Å²) >= 11 is 0. The van der Waals surface area contributed by atoms with Crippen molar-refractivity contribution in [2.24, 2.45) is 22.7 Å². The molecule has 0 aromatic heterocycles. The van der Waals surface area contributed by atoms with Crippen molar-refractivity contribution >= 4 is 11.5 Å². The molecule has 0 saturated heterocycles. The second-order valence-electron chi connectivity index (χ2n) is 6.25. The third kappa shape index (κ3) is 3.07. The van der Waals surface area contributed by atoms with Crippen LogP contribution in [0.2, 0.25) is 0 Å². The summed E-state index contributed by atoms with van der Waals surface area (Å²) in [7, 11) is 0. The molecule has 0 fully saturated rings. The highest BCUT2D eigenvalue weighted by atomic mass is 16.3. The molecular formula is C16H25NO2. The molecule has 2 atom stereocenters. The van der Waals surface area contributed by atoms with Crippen LogP contribution in [-0.2, 0) is 4.79 Å². The lowest BCUT2D eigenvalue weighted by atomic mass is 9.77. The predicted molar refractivity (Wildman–Crippen MR) is 77.5 cm³/mol. The van der Waals surface area contributed by atoms with Crippen LogP contribution in [0, 0.1) is 17.8 Å². The first-order chi connectivity index (χ1) is 9.02. The van der Waals surface area contributed by atoms with E-state index in [0.717, 1.165) is 31.5 Å². The number of hydrogen-bond acceptors (Lipinski definition) is 3. The van der Waals surface area contributed by atoms with E-state index in [4.69, 9.17) is 0 Å². The van der Waals surface area contributed by atoms with Crippen molar-refractivity contribution in [3.05, 3.63) is 11.3 Å². The van der Waals surface area contributed by atoms with Gasteiger partial charge in [0.15, 0.2) is 5.78 Å². The molecule has 19 heavy (non-hydrogen) atoms. The first-order valence-electron chi connectivity index (χ1n) is 7.51. The number of aliphatic hydroxyl groups is 1. The van der Waals surface area contributed by atoms with Gasteiger partial charge in [-0.15, -0.1) is 0 Å². The maximum atomic E-state index is 12.3. The fourth-order valence-electron chi connectivity index (χ4n) is 3.07. The summed E-state index contributed by atoms with van der Waals surface area (Å²) < 4.78 is 0. The van der Waals surface area contributed by atoms with E-state index in [2.05, 4.69) is 25.8 Å². The minimum atomic E-state index is 0.0953. The lowest BCUT2D eigenvalue weighted by Gasteiger charge is -2.29. The number of nitrogens with zero attached hydrogens (tertiary/aromatic N) is 1. The van der Waals surface area contributed by atoms with Crippen LogP contribution in [0.1, 0.15) is 52.9 Å². The second-order valence-corrected chi connectivity index (χ2v) is 6.25. The number of allylic oxidation sites excluding steroid dienone is 2. The van der Waals surface area contributed by atoms with Gasteiger partial charge in [0.05, 0.1) is 5.57 Å². The van der Waals surface area contributed by atoms with Gasteiger partial charge >= 0.3 is 0 Å². The Bertz CT molecular complexity index is 420. The number of aliphatic imine (C=N–C) groups is 1. The maximum absolute atomic E-state index is 12.3. The normalized spacial score (nSPS) is 28.8. The Balaban J connectivity index is 2.21. The molecule has 0 saturated carbocycles. The zero-order valence-corrected chi connectivity index (χ0v) is 12.3.